The van der Waals surface area contributed by atoms with Crippen molar-refractivity contribution >= 4 is 15.9 Å². The summed E-state index contributed by atoms with van der Waals surface area (Å²) in [7, 11) is 0. The van der Waals surface area contributed by atoms with E-state index in [0.29, 0.717) is 16.0 Å². The van der Waals surface area contributed by atoms with Crippen molar-refractivity contribution in [2.75, 3.05) is 0 Å². The van der Waals surface area contributed by atoms with E-state index in [0.717, 1.165) is 5.69 Å². The van der Waals surface area contributed by atoms with Gasteiger partial charge in [0, 0.05) is 5.69 Å². The van der Waals surface area contributed by atoms with E-state index in [2.05, 4.69) is 25.9 Å². The van der Waals surface area contributed by atoms with Crippen LogP contribution in [0.4, 0.5) is 4.39 Å². The van der Waals surface area contributed by atoms with Gasteiger partial charge in [-0.3, -0.25) is 0 Å². The first kappa shape index (κ1) is 10.2. The zero-order valence-electron chi connectivity index (χ0n) is 8.04. The molecule has 15 heavy (non-hydrogen) atoms. The fourth-order valence-corrected chi connectivity index (χ4v) is 1.79. The van der Waals surface area contributed by atoms with Crippen LogP contribution in [0.2, 0.25) is 0 Å². The van der Waals surface area contributed by atoms with Crippen molar-refractivity contribution in [2.45, 2.75) is 6.92 Å². The van der Waals surface area contributed by atoms with E-state index in [9.17, 15) is 4.39 Å². The van der Waals surface area contributed by atoms with Gasteiger partial charge in [-0.15, -0.1) is 0 Å². The minimum absolute atomic E-state index is 0.310. The third-order valence-corrected chi connectivity index (χ3v) is 2.34. The quantitative estimate of drug-likeness (QED) is 0.740. The Morgan fingerprint density at radius 1 is 1.20 bits per heavy atom. The van der Waals surface area contributed by atoms with Crippen LogP contribution in [0.15, 0.2) is 34.9 Å². The van der Waals surface area contributed by atoms with E-state index in [1.54, 1.807) is 24.3 Å². The molecular weight excluding hydrogens is 259 g/mol. The average molecular weight is 267 g/mol. The number of benzene rings is 1. The van der Waals surface area contributed by atoms with Gasteiger partial charge in [-0.2, -0.15) is 0 Å². The molecule has 2 nitrogen and oxygen atoms in total. The second-order valence-electron chi connectivity index (χ2n) is 3.14. The largest absolute Gasteiger partial charge is 0.233 e. The summed E-state index contributed by atoms with van der Waals surface area (Å²) < 4.78 is 14.1. The molecule has 4 heteroatoms. The third kappa shape index (κ3) is 2.21. The van der Waals surface area contributed by atoms with E-state index in [1.165, 1.54) is 6.07 Å². The van der Waals surface area contributed by atoms with E-state index in [1.807, 2.05) is 6.92 Å². The maximum atomic E-state index is 13.4. The second-order valence-corrected chi connectivity index (χ2v) is 3.95. The summed E-state index contributed by atoms with van der Waals surface area (Å²) in [4.78, 5) is 8.31. The standard InChI is InChI=1S/C11H8BrFN2/c1-7-6-10(12)15-11(14-7)8-4-2-3-5-9(8)13/h2-6H,1H3. The van der Waals surface area contributed by atoms with Gasteiger partial charge in [0.15, 0.2) is 5.82 Å². The molecule has 2 rings (SSSR count). The fraction of sp³-hybridized carbons (Fsp3) is 0.0909. The maximum absolute atomic E-state index is 13.4. The van der Waals surface area contributed by atoms with Crippen LogP contribution >= 0.6 is 15.9 Å². The van der Waals surface area contributed by atoms with Crippen molar-refractivity contribution in [3.63, 3.8) is 0 Å². The van der Waals surface area contributed by atoms with E-state index < -0.39 is 0 Å². The first-order valence-electron chi connectivity index (χ1n) is 4.43. The Labute approximate surface area is 95.3 Å². The molecule has 0 radical (unpaired) electrons. The molecule has 0 aliphatic rings. The molecule has 2 aromatic rings. The lowest BCUT2D eigenvalue weighted by Crippen LogP contribution is -1.94. The average Bonchev–Trinajstić information content (AvgIpc) is 2.16. The molecule has 1 heterocycles. The van der Waals surface area contributed by atoms with Gasteiger partial charge in [-0.1, -0.05) is 12.1 Å². The van der Waals surface area contributed by atoms with Crippen molar-refractivity contribution in [3.8, 4) is 11.4 Å². The Hall–Kier alpha value is -1.29. The van der Waals surface area contributed by atoms with Gasteiger partial charge in [0.1, 0.15) is 10.4 Å². The van der Waals surface area contributed by atoms with Gasteiger partial charge >= 0.3 is 0 Å². The van der Waals surface area contributed by atoms with Crippen molar-refractivity contribution in [2.24, 2.45) is 0 Å². The minimum Gasteiger partial charge on any atom is -0.233 e. The van der Waals surface area contributed by atoms with E-state index in [-0.39, 0.29) is 5.82 Å². The Kier molecular flexibility index (Phi) is 2.77. The number of hydrogen-bond donors (Lipinski definition) is 0. The highest BCUT2D eigenvalue weighted by Gasteiger charge is 2.07. The number of rotatable bonds is 1. The molecule has 0 unspecified atom stereocenters. The van der Waals surface area contributed by atoms with Crippen molar-refractivity contribution < 1.29 is 4.39 Å². The van der Waals surface area contributed by atoms with Gasteiger partial charge in [0.25, 0.3) is 0 Å². The first-order chi connectivity index (χ1) is 7.16. The van der Waals surface area contributed by atoms with Crippen LogP contribution in [0.3, 0.4) is 0 Å². The molecule has 0 amide bonds. The summed E-state index contributed by atoms with van der Waals surface area (Å²) in [5.74, 6) is 0.0926. The summed E-state index contributed by atoms with van der Waals surface area (Å²) in [5, 5.41) is 0. The van der Waals surface area contributed by atoms with Crippen molar-refractivity contribution in [1.29, 1.82) is 0 Å². The molecular formula is C11H8BrFN2. The zero-order chi connectivity index (χ0) is 10.8. The molecule has 0 saturated carbocycles. The lowest BCUT2D eigenvalue weighted by molar-refractivity contribution is 0.630. The number of nitrogens with zero attached hydrogens (tertiary/aromatic N) is 2. The first-order valence-corrected chi connectivity index (χ1v) is 5.22. The SMILES string of the molecule is Cc1cc(Br)nc(-c2ccccc2F)n1. The molecule has 0 atom stereocenters. The van der Waals surface area contributed by atoms with Crippen LogP contribution in [-0.4, -0.2) is 9.97 Å². The van der Waals surface area contributed by atoms with Crippen LogP contribution < -0.4 is 0 Å². The molecule has 0 aliphatic heterocycles. The van der Waals surface area contributed by atoms with E-state index >= 15 is 0 Å². The molecule has 0 bridgehead atoms. The molecule has 0 spiro atoms. The topological polar surface area (TPSA) is 25.8 Å². The highest BCUT2D eigenvalue weighted by molar-refractivity contribution is 9.10. The Morgan fingerprint density at radius 2 is 1.93 bits per heavy atom. The van der Waals surface area contributed by atoms with Crippen LogP contribution in [0.5, 0.6) is 0 Å². The smallest absolute Gasteiger partial charge is 0.163 e. The Morgan fingerprint density at radius 3 is 2.60 bits per heavy atom. The van der Waals surface area contributed by atoms with Gasteiger partial charge in [0.05, 0.1) is 5.56 Å². The molecule has 0 saturated heterocycles. The van der Waals surface area contributed by atoms with Gasteiger partial charge in [0.2, 0.25) is 0 Å². The lowest BCUT2D eigenvalue weighted by Gasteiger charge is -2.03. The van der Waals surface area contributed by atoms with Crippen LogP contribution in [0.25, 0.3) is 11.4 Å². The highest BCUT2D eigenvalue weighted by atomic mass is 79.9. The number of aromatic nitrogens is 2. The normalized spacial score (nSPS) is 10.3. The molecule has 76 valence electrons. The number of hydrogen-bond acceptors (Lipinski definition) is 2. The van der Waals surface area contributed by atoms with Crippen LogP contribution in [-0.2, 0) is 0 Å². The molecule has 1 aromatic carbocycles. The second kappa shape index (κ2) is 4.06. The summed E-state index contributed by atoms with van der Waals surface area (Å²) >= 11 is 3.26. The van der Waals surface area contributed by atoms with E-state index in [4.69, 9.17) is 0 Å². The fourth-order valence-electron chi connectivity index (χ4n) is 1.29. The third-order valence-electron chi connectivity index (χ3n) is 1.94. The summed E-state index contributed by atoms with van der Waals surface area (Å²) in [6, 6.07) is 8.25. The summed E-state index contributed by atoms with van der Waals surface area (Å²) in [6.07, 6.45) is 0. The maximum Gasteiger partial charge on any atom is 0.163 e. The lowest BCUT2D eigenvalue weighted by atomic mass is 10.2. The van der Waals surface area contributed by atoms with Gasteiger partial charge in [-0.25, -0.2) is 14.4 Å². The van der Waals surface area contributed by atoms with Crippen LogP contribution in [0, 0.1) is 12.7 Å². The zero-order valence-corrected chi connectivity index (χ0v) is 9.62. The summed E-state index contributed by atoms with van der Waals surface area (Å²) in [5.41, 5.74) is 1.22. The number of aryl methyl sites for hydroxylation is 1. The Balaban J connectivity index is 2.59. The molecule has 0 aliphatic carbocycles. The monoisotopic (exact) mass is 266 g/mol. The Bertz CT molecular complexity index is 479. The predicted molar refractivity (Wildman–Crippen MR) is 59.9 cm³/mol. The highest BCUT2D eigenvalue weighted by Crippen LogP contribution is 2.20. The molecule has 0 fully saturated rings. The van der Waals surface area contributed by atoms with Crippen LogP contribution in [0.1, 0.15) is 5.69 Å². The summed E-state index contributed by atoms with van der Waals surface area (Å²) in [6.45, 7) is 1.84. The number of halogens is 2. The molecule has 1 aromatic heterocycles. The van der Waals surface area contributed by atoms with Crippen molar-refractivity contribution in [3.05, 3.63) is 46.4 Å². The van der Waals surface area contributed by atoms with Crippen molar-refractivity contribution in [1.82, 2.24) is 9.97 Å². The predicted octanol–water partition coefficient (Wildman–Crippen LogP) is 3.35. The molecule has 0 N–H and O–H groups in total. The van der Waals surface area contributed by atoms with Gasteiger partial charge in [-0.05, 0) is 41.1 Å². The minimum atomic E-state index is -0.310. The van der Waals surface area contributed by atoms with Gasteiger partial charge < -0.3 is 0 Å².